The quantitative estimate of drug-likeness (QED) is 0.826. The van der Waals surface area contributed by atoms with Crippen LogP contribution in [0.2, 0.25) is 0 Å². The summed E-state index contributed by atoms with van der Waals surface area (Å²) >= 11 is 0. The van der Waals surface area contributed by atoms with E-state index in [1.807, 2.05) is 19.2 Å². The van der Waals surface area contributed by atoms with Gasteiger partial charge in [0.25, 0.3) is 0 Å². The highest BCUT2D eigenvalue weighted by Crippen LogP contribution is 2.37. The minimum Gasteiger partial charge on any atom is -0.378 e. The van der Waals surface area contributed by atoms with Crippen LogP contribution in [0.4, 0.5) is 0 Å². The Bertz CT molecular complexity index is 480. The molecule has 1 saturated carbocycles. The van der Waals surface area contributed by atoms with Crippen molar-refractivity contribution < 1.29 is 9.53 Å². The second-order valence-electron chi connectivity index (χ2n) is 6.08. The van der Waals surface area contributed by atoms with Crippen molar-refractivity contribution in [2.45, 2.75) is 57.5 Å². The molecular weight excluding hydrogens is 250 g/mol. The summed E-state index contributed by atoms with van der Waals surface area (Å²) in [5.41, 5.74) is 2.32. The molecule has 0 N–H and O–H groups in total. The summed E-state index contributed by atoms with van der Waals surface area (Å²) in [5.74, 6) is 0.976. The minimum atomic E-state index is 0.0473. The Morgan fingerprint density at radius 1 is 1.45 bits per heavy atom. The van der Waals surface area contributed by atoms with E-state index < -0.39 is 0 Å². The molecule has 0 spiro atoms. The summed E-state index contributed by atoms with van der Waals surface area (Å²) in [6.45, 7) is 2.81. The Balaban J connectivity index is 1.59. The molecule has 20 heavy (non-hydrogen) atoms. The van der Waals surface area contributed by atoms with E-state index in [4.69, 9.17) is 4.74 Å². The molecule has 3 heteroatoms. The van der Waals surface area contributed by atoms with Crippen LogP contribution in [0, 0.1) is 5.92 Å². The maximum atomic E-state index is 12.5. The van der Waals surface area contributed by atoms with Crippen molar-refractivity contribution in [1.82, 2.24) is 4.98 Å². The average Bonchev–Trinajstić information content (AvgIpc) is 2.44. The highest BCUT2D eigenvalue weighted by atomic mass is 16.5. The van der Waals surface area contributed by atoms with Gasteiger partial charge >= 0.3 is 0 Å². The zero-order valence-electron chi connectivity index (χ0n) is 12.2. The lowest BCUT2D eigenvalue weighted by atomic mass is 9.75. The first-order chi connectivity index (χ1) is 9.78. The number of hydrogen-bond donors (Lipinski definition) is 0. The topological polar surface area (TPSA) is 39.2 Å². The smallest absolute Gasteiger partial charge is 0.142 e. The van der Waals surface area contributed by atoms with Crippen LogP contribution >= 0.6 is 0 Å². The van der Waals surface area contributed by atoms with Crippen LogP contribution in [-0.2, 0) is 16.0 Å². The molecule has 0 aromatic carbocycles. The second kappa shape index (κ2) is 6.04. The fraction of sp³-hybridized carbons (Fsp3) is 0.647. The summed E-state index contributed by atoms with van der Waals surface area (Å²) in [5, 5.41) is 0. The molecule has 0 aliphatic heterocycles. The van der Waals surface area contributed by atoms with E-state index in [9.17, 15) is 4.79 Å². The van der Waals surface area contributed by atoms with E-state index in [1.165, 1.54) is 5.56 Å². The average molecular weight is 273 g/mol. The van der Waals surface area contributed by atoms with Crippen molar-refractivity contribution in [2.24, 2.45) is 5.92 Å². The molecule has 1 heterocycles. The fourth-order valence-electron chi connectivity index (χ4n) is 3.56. The first kappa shape index (κ1) is 13.7. The number of carbonyl (C=O) groups is 1. The van der Waals surface area contributed by atoms with E-state index in [1.54, 1.807) is 0 Å². The number of pyridine rings is 1. The standard InChI is InChI=1S/C17H23NO2/c1-2-20-14-9-12(10-14)11-16(19)15-7-3-5-13-6-4-8-18-17(13)15/h4,6,8,12,14-15H,2-3,5,7,9-11H2,1H3. The lowest BCUT2D eigenvalue weighted by molar-refractivity contribution is -0.124. The first-order valence-corrected chi connectivity index (χ1v) is 7.86. The van der Waals surface area contributed by atoms with E-state index >= 15 is 0 Å². The van der Waals surface area contributed by atoms with Crippen LogP contribution in [0.25, 0.3) is 0 Å². The molecule has 0 amide bonds. The van der Waals surface area contributed by atoms with Crippen molar-refractivity contribution in [1.29, 1.82) is 0 Å². The molecule has 1 unspecified atom stereocenters. The van der Waals surface area contributed by atoms with Gasteiger partial charge in [0.05, 0.1) is 17.7 Å². The molecule has 2 aliphatic carbocycles. The van der Waals surface area contributed by atoms with Gasteiger partial charge in [-0.05, 0) is 56.6 Å². The Kier molecular flexibility index (Phi) is 4.16. The van der Waals surface area contributed by atoms with Crippen molar-refractivity contribution in [3.63, 3.8) is 0 Å². The largest absolute Gasteiger partial charge is 0.378 e. The number of hydrogen-bond acceptors (Lipinski definition) is 3. The van der Waals surface area contributed by atoms with Crippen molar-refractivity contribution in [3.05, 3.63) is 29.6 Å². The highest BCUT2D eigenvalue weighted by molar-refractivity contribution is 5.86. The number of ether oxygens (including phenoxy) is 1. The molecule has 108 valence electrons. The van der Waals surface area contributed by atoms with Gasteiger partial charge in [-0.1, -0.05) is 6.07 Å². The van der Waals surface area contributed by atoms with Gasteiger partial charge in [-0.25, -0.2) is 0 Å². The molecule has 3 rings (SSSR count). The van der Waals surface area contributed by atoms with Gasteiger partial charge in [0.15, 0.2) is 0 Å². The van der Waals surface area contributed by atoms with Gasteiger partial charge in [-0.15, -0.1) is 0 Å². The minimum absolute atomic E-state index is 0.0473. The van der Waals surface area contributed by atoms with Gasteiger partial charge < -0.3 is 4.74 Å². The molecule has 1 atom stereocenters. The van der Waals surface area contributed by atoms with Crippen molar-refractivity contribution in [2.75, 3.05) is 6.61 Å². The van der Waals surface area contributed by atoms with Crippen molar-refractivity contribution in [3.8, 4) is 0 Å². The molecular formula is C17H23NO2. The third kappa shape index (κ3) is 2.78. The summed E-state index contributed by atoms with van der Waals surface area (Å²) < 4.78 is 5.57. The number of rotatable bonds is 5. The zero-order chi connectivity index (χ0) is 13.9. The van der Waals surface area contributed by atoms with Gasteiger partial charge in [-0.2, -0.15) is 0 Å². The van der Waals surface area contributed by atoms with Crippen molar-refractivity contribution >= 4 is 5.78 Å². The maximum Gasteiger partial charge on any atom is 0.142 e. The SMILES string of the molecule is CCOC1CC(CC(=O)C2CCCc3cccnc32)C1. The van der Waals surface area contributed by atoms with Crippen LogP contribution in [0.3, 0.4) is 0 Å². The molecule has 1 fully saturated rings. The van der Waals surface area contributed by atoms with Gasteiger partial charge in [0, 0.05) is 19.2 Å². The van der Waals surface area contributed by atoms with Gasteiger partial charge in [0.1, 0.15) is 5.78 Å². The lowest BCUT2D eigenvalue weighted by Gasteiger charge is -2.35. The number of aromatic nitrogens is 1. The normalized spacial score (nSPS) is 28.6. The van der Waals surface area contributed by atoms with Crippen LogP contribution in [0.15, 0.2) is 18.3 Å². The molecule has 1 aromatic rings. The lowest BCUT2D eigenvalue weighted by Crippen LogP contribution is -2.34. The predicted molar refractivity (Wildman–Crippen MR) is 77.7 cm³/mol. The zero-order valence-corrected chi connectivity index (χ0v) is 12.2. The van der Waals surface area contributed by atoms with Crippen LogP contribution in [-0.4, -0.2) is 23.5 Å². The van der Waals surface area contributed by atoms with E-state index in [2.05, 4.69) is 11.1 Å². The van der Waals surface area contributed by atoms with E-state index in [0.29, 0.717) is 24.2 Å². The number of fused-ring (bicyclic) bond motifs is 1. The molecule has 1 aromatic heterocycles. The molecule has 0 bridgehead atoms. The third-order valence-corrected chi connectivity index (χ3v) is 4.67. The Hall–Kier alpha value is -1.22. The third-order valence-electron chi connectivity index (χ3n) is 4.67. The molecule has 0 saturated heterocycles. The predicted octanol–water partition coefficient (Wildman–Crippen LogP) is 3.28. The molecule has 0 radical (unpaired) electrons. The van der Waals surface area contributed by atoms with Crippen LogP contribution in [0.5, 0.6) is 0 Å². The molecule has 2 aliphatic rings. The summed E-state index contributed by atoms with van der Waals surface area (Å²) in [6.07, 6.45) is 8.20. The van der Waals surface area contributed by atoms with Crippen LogP contribution < -0.4 is 0 Å². The van der Waals surface area contributed by atoms with Gasteiger partial charge in [0.2, 0.25) is 0 Å². The fourth-order valence-corrected chi connectivity index (χ4v) is 3.56. The van der Waals surface area contributed by atoms with E-state index in [-0.39, 0.29) is 5.92 Å². The number of ketones is 1. The number of carbonyl (C=O) groups excluding carboxylic acids is 1. The Morgan fingerprint density at radius 3 is 3.10 bits per heavy atom. The maximum absolute atomic E-state index is 12.5. The summed E-state index contributed by atoms with van der Waals surface area (Å²) in [7, 11) is 0. The Morgan fingerprint density at radius 2 is 2.30 bits per heavy atom. The number of aryl methyl sites for hydroxylation is 1. The summed E-state index contributed by atoms with van der Waals surface area (Å²) in [4.78, 5) is 17.0. The molecule has 3 nitrogen and oxygen atoms in total. The number of Topliss-reactive ketones (excluding diaryl/α,β-unsaturated/α-hetero) is 1. The van der Waals surface area contributed by atoms with Crippen LogP contribution in [0.1, 0.15) is 56.2 Å². The Labute approximate surface area is 120 Å². The second-order valence-corrected chi connectivity index (χ2v) is 6.08. The number of nitrogens with zero attached hydrogens (tertiary/aromatic N) is 1. The first-order valence-electron chi connectivity index (χ1n) is 7.86. The van der Waals surface area contributed by atoms with E-state index in [0.717, 1.165) is 44.4 Å². The van der Waals surface area contributed by atoms with Gasteiger partial charge in [-0.3, -0.25) is 9.78 Å². The summed E-state index contributed by atoms with van der Waals surface area (Å²) in [6, 6.07) is 4.10. The monoisotopic (exact) mass is 273 g/mol. The highest BCUT2D eigenvalue weighted by Gasteiger charge is 2.34.